The lowest BCUT2D eigenvalue weighted by Crippen LogP contribution is -1.97. The van der Waals surface area contributed by atoms with Crippen molar-refractivity contribution in [2.45, 2.75) is 6.92 Å². The third kappa shape index (κ3) is 2.03. The lowest BCUT2D eigenvalue weighted by molar-refractivity contribution is 0.112. The van der Waals surface area contributed by atoms with Crippen LogP contribution in [0.5, 0.6) is 5.75 Å². The fourth-order valence-corrected chi connectivity index (χ4v) is 1.88. The molecule has 0 aliphatic heterocycles. The summed E-state index contributed by atoms with van der Waals surface area (Å²) in [5, 5.41) is 4.54. The summed E-state index contributed by atoms with van der Waals surface area (Å²) < 4.78 is 6.64. The summed E-state index contributed by atoms with van der Waals surface area (Å²) in [6.07, 6.45) is 0.710. The fraction of sp³-hybridized carbons (Fsp3) is 0.167. The molecule has 0 amide bonds. The van der Waals surface area contributed by atoms with Gasteiger partial charge in [0, 0.05) is 6.07 Å². The molecule has 0 spiro atoms. The molecule has 1 heterocycles. The van der Waals surface area contributed by atoms with E-state index in [9.17, 15) is 4.79 Å². The number of hydrogen-bond acceptors (Lipinski definition) is 3. The number of nitrogens with zero attached hydrogens (tertiary/aromatic N) is 2. The van der Waals surface area contributed by atoms with E-state index in [1.165, 1.54) is 4.68 Å². The lowest BCUT2D eigenvalue weighted by atomic mass is 10.3. The topological polar surface area (TPSA) is 44.1 Å². The van der Waals surface area contributed by atoms with E-state index in [1.54, 1.807) is 20.1 Å². The van der Waals surface area contributed by atoms with Gasteiger partial charge in [0.15, 0.2) is 6.29 Å². The summed E-state index contributed by atoms with van der Waals surface area (Å²) in [6, 6.07) is 7.30. The van der Waals surface area contributed by atoms with Crippen molar-refractivity contribution in [3.8, 4) is 11.4 Å². The number of rotatable bonds is 3. The largest absolute Gasteiger partial charge is 0.497 e. The zero-order chi connectivity index (χ0) is 12.4. The Morgan fingerprint density at radius 3 is 2.82 bits per heavy atom. The summed E-state index contributed by atoms with van der Waals surface area (Å²) in [5.74, 6) is 0.708. The predicted molar refractivity (Wildman–Crippen MR) is 65.3 cm³/mol. The zero-order valence-corrected chi connectivity index (χ0v) is 10.2. The van der Waals surface area contributed by atoms with Gasteiger partial charge in [-0.25, -0.2) is 4.68 Å². The van der Waals surface area contributed by atoms with E-state index >= 15 is 0 Å². The first-order valence-corrected chi connectivity index (χ1v) is 5.40. The molecule has 0 fully saturated rings. The van der Waals surface area contributed by atoms with Crippen molar-refractivity contribution in [3.05, 3.63) is 40.7 Å². The minimum Gasteiger partial charge on any atom is -0.497 e. The van der Waals surface area contributed by atoms with Gasteiger partial charge in [-0.1, -0.05) is 17.7 Å². The Hall–Kier alpha value is -1.81. The third-order valence-electron chi connectivity index (χ3n) is 2.46. The summed E-state index contributed by atoms with van der Waals surface area (Å²) >= 11 is 6.09. The first kappa shape index (κ1) is 11.7. The summed E-state index contributed by atoms with van der Waals surface area (Å²) in [4.78, 5) is 10.9. The molecule has 0 bridgehead atoms. The van der Waals surface area contributed by atoms with Gasteiger partial charge < -0.3 is 4.74 Å². The van der Waals surface area contributed by atoms with Crippen molar-refractivity contribution < 1.29 is 9.53 Å². The van der Waals surface area contributed by atoms with Gasteiger partial charge in [-0.15, -0.1) is 0 Å². The van der Waals surface area contributed by atoms with E-state index < -0.39 is 0 Å². The van der Waals surface area contributed by atoms with Gasteiger partial charge in [0.05, 0.1) is 24.1 Å². The highest BCUT2D eigenvalue weighted by Crippen LogP contribution is 2.24. The summed E-state index contributed by atoms with van der Waals surface area (Å²) in [6.45, 7) is 1.74. The zero-order valence-electron chi connectivity index (χ0n) is 9.48. The van der Waals surface area contributed by atoms with Crippen molar-refractivity contribution in [1.29, 1.82) is 0 Å². The van der Waals surface area contributed by atoms with Crippen LogP contribution in [-0.4, -0.2) is 23.2 Å². The number of carbonyl (C=O) groups excluding carboxylic acids is 1. The molecule has 0 atom stereocenters. The minimum atomic E-state index is 0.311. The van der Waals surface area contributed by atoms with Crippen LogP contribution < -0.4 is 4.74 Å². The van der Waals surface area contributed by atoms with Crippen LogP contribution in [0.3, 0.4) is 0 Å². The highest BCUT2D eigenvalue weighted by atomic mass is 35.5. The lowest BCUT2D eigenvalue weighted by Gasteiger charge is -2.05. The van der Waals surface area contributed by atoms with Gasteiger partial charge >= 0.3 is 0 Å². The molecule has 4 nitrogen and oxygen atoms in total. The maximum absolute atomic E-state index is 10.9. The van der Waals surface area contributed by atoms with E-state index in [-0.39, 0.29) is 0 Å². The predicted octanol–water partition coefficient (Wildman–Crippen LogP) is 2.66. The van der Waals surface area contributed by atoms with E-state index in [1.807, 2.05) is 18.2 Å². The second-order valence-electron chi connectivity index (χ2n) is 3.52. The van der Waals surface area contributed by atoms with E-state index in [4.69, 9.17) is 16.3 Å². The summed E-state index contributed by atoms with van der Waals surface area (Å²) in [5.41, 5.74) is 1.77. The number of aldehydes is 1. The van der Waals surface area contributed by atoms with Gasteiger partial charge in [0.25, 0.3) is 0 Å². The van der Waals surface area contributed by atoms with E-state index in [2.05, 4.69) is 5.10 Å². The minimum absolute atomic E-state index is 0.311. The third-order valence-corrected chi connectivity index (χ3v) is 2.83. The van der Waals surface area contributed by atoms with Crippen molar-refractivity contribution in [1.82, 2.24) is 9.78 Å². The van der Waals surface area contributed by atoms with Gasteiger partial charge in [-0.3, -0.25) is 4.79 Å². The Labute approximate surface area is 104 Å². The highest BCUT2D eigenvalue weighted by Gasteiger charge is 2.13. The quantitative estimate of drug-likeness (QED) is 0.787. The smallest absolute Gasteiger partial charge is 0.155 e. The Morgan fingerprint density at radius 1 is 1.47 bits per heavy atom. The van der Waals surface area contributed by atoms with Crippen LogP contribution in [0.4, 0.5) is 0 Å². The Kier molecular flexibility index (Phi) is 3.15. The van der Waals surface area contributed by atoms with Gasteiger partial charge in [-0.2, -0.15) is 5.10 Å². The van der Waals surface area contributed by atoms with Crippen LogP contribution in [0, 0.1) is 6.92 Å². The fourth-order valence-electron chi connectivity index (χ4n) is 1.56. The highest BCUT2D eigenvalue weighted by molar-refractivity contribution is 6.32. The van der Waals surface area contributed by atoms with E-state index in [0.29, 0.717) is 28.4 Å². The Bertz CT molecular complexity index is 564. The molecule has 1 aromatic heterocycles. The van der Waals surface area contributed by atoms with Gasteiger partial charge in [0.2, 0.25) is 0 Å². The molecule has 0 radical (unpaired) electrons. The number of carbonyl (C=O) groups is 1. The molecule has 0 saturated carbocycles. The molecule has 0 saturated heterocycles. The molecule has 0 aliphatic carbocycles. The van der Waals surface area contributed by atoms with Crippen LogP contribution in [0.2, 0.25) is 5.15 Å². The monoisotopic (exact) mass is 250 g/mol. The molecular formula is C12H11ClN2O2. The average Bonchev–Trinajstić information content (AvgIpc) is 2.64. The first-order valence-electron chi connectivity index (χ1n) is 5.02. The standard InChI is InChI=1S/C12H11ClN2O2/c1-8-11(7-16)12(13)15(14-8)9-4-3-5-10(6-9)17-2/h3-7H,1-2H3. The van der Waals surface area contributed by atoms with Crippen molar-refractivity contribution in [2.24, 2.45) is 0 Å². The molecule has 2 aromatic rings. The second-order valence-corrected chi connectivity index (χ2v) is 3.88. The number of hydrogen-bond donors (Lipinski definition) is 0. The maximum atomic E-state index is 10.9. The molecule has 0 aliphatic rings. The van der Waals surface area contributed by atoms with Crippen molar-refractivity contribution >= 4 is 17.9 Å². The van der Waals surface area contributed by atoms with Crippen LogP contribution in [-0.2, 0) is 0 Å². The molecular weight excluding hydrogens is 240 g/mol. The molecule has 1 aromatic carbocycles. The van der Waals surface area contributed by atoms with Crippen LogP contribution >= 0.6 is 11.6 Å². The normalized spacial score (nSPS) is 10.3. The number of aromatic nitrogens is 2. The number of halogens is 1. The van der Waals surface area contributed by atoms with Crippen molar-refractivity contribution in [3.63, 3.8) is 0 Å². The van der Waals surface area contributed by atoms with Gasteiger partial charge in [0.1, 0.15) is 10.9 Å². The Morgan fingerprint density at radius 2 is 2.24 bits per heavy atom. The summed E-state index contributed by atoms with van der Waals surface area (Å²) in [7, 11) is 1.59. The van der Waals surface area contributed by atoms with Crippen LogP contribution in [0.1, 0.15) is 16.1 Å². The number of benzene rings is 1. The molecule has 0 N–H and O–H groups in total. The van der Waals surface area contributed by atoms with Crippen molar-refractivity contribution in [2.75, 3.05) is 7.11 Å². The van der Waals surface area contributed by atoms with E-state index in [0.717, 1.165) is 5.69 Å². The first-order chi connectivity index (χ1) is 8.17. The van der Waals surface area contributed by atoms with Crippen LogP contribution in [0.15, 0.2) is 24.3 Å². The SMILES string of the molecule is COc1cccc(-n2nc(C)c(C=O)c2Cl)c1. The molecule has 0 unspecified atom stereocenters. The van der Waals surface area contributed by atoms with Gasteiger partial charge in [-0.05, 0) is 19.1 Å². The number of ether oxygens (including phenoxy) is 1. The second kappa shape index (κ2) is 4.59. The maximum Gasteiger partial charge on any atom is 0.155 e. The number of aryl methyl sites for hydroxylation is 1. The molecule has 17 heavy (non-hydrogen) atoms. The van der Waals surface area contributed by atoms with Crippen LogP contribution in [0.25, 0.3) is 5.69 Å². The Balaban J connectivity index is 2.56. The molecule has 2 rings (SSSR count). The average molecular weight is 251 g/mol. The number of methoxy groups -OCH3 is 1. The molecule has 88 valence electrons. The molecule has 5 heteroatoms.